The number of β-amino-alcohol motifs (C(OH)–C–C–N with tert-alkyl or cyclic N) is 1. The molecule has 31 heavy (non-hydrogen) atoms. The number of nitrogens with zero attached hydrogens (tertiary/aromatic N) is 2. The number of aliphatic hydroxyl groups is 1. The highest BCUT2D eigenvalue weighted by molar-refractivity contribution is 5.43. The lowest BCUT2D eigenvalue weighted by atomic mass is 10.2. The zero-order chi connectivity index (χ0) is 21.9. The fourth-order valence-corrected chi connectivity index (χ4v) is 3.48. The number of benzene rings is 2. The van der Waals surface area contributed by atoms with E-state index in [1.165, 1.54) is 0 Å². The Balaban J connectivity index is 1.43. The summed E-state index contributed by atoms with van der Waals surface area (Å²) in [5.41, 5.74) is 1.13. The summed E-state index contributed by atoms with van der Waals surface area (Å²) >= 11 is 0. The zero-order valence-corrected chi connectivity index (χ0v) is 18.5. The van der Waals surface area contributed by atoms with Gasteiger partial charge in [-0.25, -0.2) is 0 Å². The van der Waals surface area contributed by atoms with E-state index in [1.807, 2.05) is 48.5 Å². The maximum absolute atomic E-state index is 10.3. The van der Waals surface area contributed by atoms with E-state index in [2.05, 4.69) is 16.8 Å². The normalized spacial score (nSPS) is 15.6. The summed E-state index contributed by atoms with van der Waals surface area (Å²) < 4.78 is 22.5. The molecule has 3 rings (SSSR count). The van der Waals surface area contributed by atoms with Crippen LogP contribution in [0.25, 0.3) is 0 Å². The average molecular weight is 431 g/mol. The zero-order valence-electron chi connectivity index (χ0n) is 18.5. The van der Waals surface area contributed by atoms with Gasteiger partial charge in [0.1, 0.15) is 25.1 Å². The second-order valence-electron chi connectivity index (χ2n) is 7.76. The van der Waals surface area contributed by atoms with Crippen molar-refractivity contribution in [3.63, 3.8) is 0 Å². The van der Waals surface area contributed by atoms with Crippen LogP contribution in [0.5, 0.6) is 17.2 Å². The van der Waals surface area contributed by atoms with E-state index < -0.39 is 6.10 Å². The molecule has 0 spiro atoms. The van der Waals surface area contributed by atoms with Crippen molar-refractivity contribution in [2.75, 3.05) is 66.8 Å². The first-order chi connectivity index (χ1) is 15.1. The van der Waals surface area contributed by atoms with Crippen LogP contribution in [0.2, 0.25) is 0 Å². The summed E-state index contributed by atoms with van der Waals surface area (Å²) in [6, 6.07) is 15.8. The number of aliphatic hydroxyl groups excluding tert-OH is 1. The van der Waals surface area contributed by atoms with Crippen molar-refractivity contribution in [1.82, 2.24) is 9.80 Å². The molecule has 0 aliphatic carbocycles. The molecule has 0 bridgehead atoms. The minimum Gasteiger partial charge on any atom is -0.493 e. The van der Waals surface area contributed by atoms with Gasteiger partial charge < -0.3 is 24.1 Å². The van der Waals surface area contributed by atoms with Crippen molar-refractivity contribution < 1.29 is 24.1 Å². The van der Waals surface area contributed by atoms with E-state index in [1.54, 1.807) is 7.11 Å². The van der Waals surface area contributed by atoms with Gasteiger partial charge in [0.15, 0.2) is 11.5 Å². The molecule has 2 aromatic rings. The van der Waals surface area contributed by atoms with Crippen molar-refractivity contribution >= 4 is 0 Å². The van der Waals surface area contributed by atoms with Crippen LogP contribution in [0, 0.1) is 0 Å². The Labute approximate surface area is 185 Å². The van der Waals surface area contributed by atoms with Gasteiger partial charge in [-0.15, -0.1) is 0 Å². The van der Waals surface area contributed by atoms with Crippen LogP contribution in [0.4, 0.5) is 0 Å². The van der Waals surface area contributed by atoms with E-state index in [0.717, 1.165) is 50.7 Å². The maximum atomic E-state index is 10.3. The van der Waals surface area contributed by atoms with Gasteiger partial charge in [-0.2, -0.15) is 0 Å². The van der Waals surface area contributed by atoms with Gasteiger partial charge in [0.25, 0.3) is 0 Å². The van der Waals surface area contributed by atoms with Crippen LogP contribution >= 0.6 is 0 Å². The average Bonchev–Trinajstić information content (AvgIpc) is 2.79. The number of methoxy groups -OCH3 is 1. The Hall–Kier alpha value is -2.32. The smallest absolute Gasteiger partial charge is 0.161 e. The van der Waals surface area contributed by atoms with Crippen molar-refractivity contribution in [2.45, 2.75) is 12.6 Å². The van der Waals surface area contributed by atoms with Gasteiger partial charge in [-0.05, 0) is 36.9 Å². The second-order valence-corrected chi connectivity index (χ2v) is 7.76. The molecule has 1 aliphatic heterocycles. The Morgan fingerprint density at radius 3 is 2.58 bits per heavy atom. The summed E-state index contributed by atoms with van der Waals surface area (Å²) in [5.74, 6) is 2.20. The first-order valence-corrected chi connectivity index (χ1v) is 10.8. The van der Waals surface area contributed by atoms with Crippen LogP contribution < -0.4 is 14.2 Å². The van der Waals surface area contributed by atoms with Crippen LogP contribution in [-0.2, 0) is 11.3 Å². The third-order valence-electron chi connectivity index (χ3n) is 5.17. The number of likely N-dealkylation sites (N-methyl/N-ethyl adjacent to an activating group) is 1. The number of ether oxygens (including phenoxy) is 4. The monoisotopic (exact) mass is 430 g/mol. The molecule has 0 radical (unpaired) electrons. The molecule has 7 nitrogen and oxygen atoms in total. The predicted molar refractivity (Wildman–Crippen MR) is 120 cm³/mol. The molecule has 7 heteroatoms. The third kappa shape index (κ3) is 8.03. The number of para-hydroxylation sites is 1. The SMILES string of the molecule is COc1cc(CN(C)CCOc2ccccc2)ccc1OC[C@@H](O)CN1CCOCC1. The number of hydrogen-bond acceptors (Lipinski definition) is 7. The van der Waals surface area contributed by atoms with Crippen LogP contribution in [-0.4, -0.2) is 87.8 Å². The molecule has 1 heterocycles. The lowest BCUT2D eigenvalue weighted by Crippen LogP contribution is -2.42. The highest BCUT2D eigenvalue weighted by Gasteiger charge is 2.16. The van der Waals surface area contributed by atoms with Gasteiger partial charge in [-0.3, -0.25) is 9.80 Å². The molecule has 1 atom stereocenters. The van der Waals surface area contributed by atoms with Gasteiger partial charge >= 0.3 is 0 Å². The lowest BCUT2D eigenvalue weighted by molar-refractivity contribution is 0.00445. The Bertz CT molecular complexity index is 768. The minimum absolute atomic E-state index is 0.226. The van der Waals surface area contributed by atoms with E-state index in [4.69, 9.17) is 18.9 Å². The molecule has 0 saturated carbocycles. The van der Waals surface area contributed by atoms with Gasteiger partial charge in [-0.1, -0.05) is 24.3 Å². The van der Waals surface area contributed by atoms with Crippen molar-refractivity contribution in [3.05, 3.63) is 54.1 Å². The molecule has 2 aromatic carbocycles. The highest BCUT2D eigenvalue weighted by Crippen LogP contribution is 2.28. The minimum atomic E-state index is -0.557. The van der Waals surface area contributed by atoms with Crippen LogP contribution in [0.15, 0.2) is 48.5 Å². The molecule has 0 unspecified atom stereocenters. The molecular weight excluding hydrogens is 396 g/mol. The largest absolute Gasteiger partial charge is 0.493 e. The standard InChI is InChI=1S/C24H34N2O5/c1-25(10-15-30-22-6-4-3-5-7-22)17-20-8-9-23(24(16-20)28-2)31-19-21(27)18-26-11-13-29-14-12-26/h3-9,16,21,27H,10-15,17-19H2,1-2H3/t21-/m0/s1. The summed E-state index contributed by atoms with van der Waals surface area (Å²) in [4.78, 5) is 4.39. The predicted octanol–water partition coefficient (Wildman–Crippen LogP) is 2.28. The van der Waals surface area contributed by atoms with Gasteiger partial charge in [0, 0.05) is 32.7 Å². The van der Waals surface area contributed by atoms with Crippen molar-refractivity contribution in [3.8, 4) is 17.2 Å². The molecule has 1 aliphatic rings. The van der Waals surface area contributed by atoms with E-state index in [-0.39, 0.29) is 6.61 Å². The maximum Gasteiger partial charge on any atom is 0.161 e. The quantitative estimate of drug-likeness (QED) is 0.554. The first kappa shape index (κ1) is 23.3. The lowest BCUT2D eigenvalue weighted by Gasteiger charge is -2.28. The van der Waals surface area contributed by atoms with Crippen molar-refractivity contribution in [1.29, 1.82) is 0 Å². The fourth-order valence-electron chi connectivity index (χ4n) is 3.48. The number of hydrogen-bond donors (Lipinski definition) is 1. The molecule has 1 fully saturated rings. The number of morpholine rings is 1. The molecule has 1 saturated heterocycles. The Morgan fingerprint density at radius 1 is 1.06 bits per heavy atom. The van der Waals surface area contributed by atoms with E-state index in [0.29, 0.717) is 24.7 Å². The first-order valence-electron chi connectivity index (χ1n) is 10.8. The summed E-state index contributed by atoms with van der Waals surface area (Å²) in [6.07, 6.45) is -0.557. The van der Waals surface area contributed by atoms with E-state index >= 15 is 0 Å². The van der Waals surface area contributed by atoms with E-state index in [9.17, 15) is 5.11 Å². The van der Waals surface area contributed by atoms with Gasteiger partial charge in [0.05, 0.1) is 20.3 Å². The fraction of sp³-hybridized carbons (Fsp3) is 0.500. The van der Waals surface area contributed by atoms with Crippen LogP contribution in [0.3, 0.4) is 0 Å². The second kappa shape index (κ2) is 12.5. The third-order valence-corrected chi connectivity index (χ3v) is 5.17. The van der Waals surface area contributed by atoms with Crippen molar-refractivity contribution in [2.24, 2.45) is 0 Å². The van der Waals surface area contributed by atoms with Gasteiger partial charge in [0.2, 0.25) is 0 Å². The molecule has 0 amide bonds. The Morgan fingerprint density at radius 2 is 1.84 bits per heavy atom. The molecule has 1 N–H and O–H groups in total. The summed E-state index contributed by atoms with van der Waals surface area (Å²) in [5, 5.41) is 10.3. The highest BCUT2D eigenvalue weighted by atomic mass is 16.5. The number of rotatable bonds is 12. The summed E-state index contributed by atoms with van der Waals surface area (Å²) in [6.45, 7) is 6.14. The summed E-state index contributed by atoms with van der Waals surface area (Å²) in [7, 11) is 3.70. The van der Waals surface area contributed by atoms with Crippen LogP contribution in [0.1, 0.15) is 5.56 Å². The molecule has 0 aromatic heterocycles. The molecule has 170 valence electrons. The Kier molecular flexibility index (Phi) is 9.42. The topological polar surface area (TPSA) is 63.6 Å². The molecular formula is C24H34N2O5.